The van der Waals surface area contributed by atoms with Crippen LogP contribution in [0.15, 0.2) is 60.8 Å². The van der Waals surface area contributed by atoms with Gasteiger partial charge in [0.05, 0.1) is 11.3 Å². The summed E-state index contributed by atoms with van der Waals surface area (Å²) in [5.74, 6) is 3.04. The lowest BCUT2D eigenvalue weighted by Crippen LogP contribution is -2.01. The third-order valence-corrected chi connectivity index (χ3v) is 4.80. The van der Waals surface area contributed by atoms with Crippen molar-refractivity contribution in [2.24, 2.45) is 7.05 Å². The van der Waals surface area contributed by atoms with Crippen molar-refractivity contribution in [3.8, 4) is 22.9 Å². The fourth-order valence-electron chi connectivity index (χ4n) is 3.15. The highest BCUT2D eigenvalue weighted by atomic mass is 16.5. The van der Waals surface area contributed by atoms with Crippen molar-refractivity contribution in [2.75, 3.05) is 5.32 Å². The standard InChI is InChI=1S/C23H23N5O/c1-15-14-24-23(21-16(2)27-28(4)17(21)3)26-22(15)25-18-10-12-20(13-11-18)29-19-8-6-5-7-9-19/h5-14H,1-4H3,(H,24,25,26). The zero-order valence-corrected chi connectivity index (χ0v) is 17.0. The minimum Gasteiger partial charge on any atom is -0.457 e. The molecule has 2 aromatic carbocycles. The summed E-state index contributed by atoms with van der Waals surface area (Å²) in [6.07, 6.45) is 1.84. The van der Waals surface area contributed by atoms with E-state index in [2.05, 4.69) is 15.4 Å². The topological polar surface area (TPSA) is 64.9 Å². The van der Waals surface area contributed by atoms with Crippen molar-refractivity contribution >= 4 is 11.5 Å². The van der Waals surface area contributed by atoms with E-state index >= 15 is 0 Å². The quantitative estimate of drug-likeness (QED) is 0.502. The summed E-state index contributed by atoms with van der Waals surface area (Å²) in [6, 6.07) is 17.5. The van der Waals surface area contributed by atoms with Gasteiger partial charge in [-0.05, 0) is 57.2 Å². The van der Waals surface area contributed by atoms with Gasteiger partial charge in [0.2, 0.25) is 0 Å². The van der Waals surface area contributed by atoms with Gasteiger partial charge in [0.1, 0.15) is 17.3 Å². The minimum absolute atomic E-state index is 0.672. The lowest BCUT2D eigenvalue weighted by atomic mass is 10.2. The number of aryl methyl sites for hydroxylation is 3. The average Bonchev–Trinajstić information content (AvgIpc) is 2.98. The molecule has 4 rings (SSSR count). The number of para-hydroxylation sites is 1. The second-order valence-electron chi connectivity index (χ2n) is 6.96. The molecule has 0 saturated heterocycles. The monoisotopic (exact) mass is 385 g/mol. The maximum absolute atomic E-state index is 5.85. The van der Waals surface area contributed by atoms with Gasteiger partial charge in [-0.1, -0.05) is 18.2 Å². The van der Waals surface area contributed by atoms with Crippen LogP contribution in [0.2, 0.25) is 0 Å². The number of benzene rings is 2. The molecule has 4 aromatic rings. The number of hydrogen-bond donors (Lipinski definition) is 1. The Labute approximate surface area is 170 Å². The summed E-state index contributed by atoms with van der Waals surface area (Å²) in [6.45, 7) is 5.99. The Morgan fingerprint density at radius 2 is 1.59 bits per heavy atom. The van der Waals surface area contributed by atoms with Crippen molar-refractivity contribution in [2.45, 2.75) is 20.8 Å². The minimum atomic E-state index is 0.672. The number of ether oxygens (including phenoxy) is 1. The van der Waals surface area contributed by atoms with Gasteiger partial charge < -0.3 is 10.1 Å². The molecule has 0 unspecified atom stereocenters. The molecule has 0 spiro atoms. The maximum atomic E-state index is 5.85. The van der Waals surface area contributed by atoms with E-state index < -0.39 is 0 Å². The molecule has 0 aliphatic carbocycles. The molecule has 0 saturated carbocycles. The summed E-state index contributed by atoms with van der Waals surface area (Å²) >= 11 is 0. The smallest absolute Gasteiger partial charge is 0.165 e. The Balaban J connectivity index is 1.56. The number of rotatable bonds is 5. The molecule has 0 fully saturated rings. The number of anilines is 2. The molecule has 2 heterocycles. The molecule has 0 radical (unpaired) electrons. The van der Waals surface area contributed by atoms with Crippen molar-refractivity contribution in [3.63, 3.8) is 0 Å². The highest BCUT2D eigenvalue weighted by molar-refractivity contribution is 5.66. The van der Waals surface area contributed by atoms with Gasteiger partial charge in [0, 0.05) is 30.2 Å². The molecule has 0 amide bonds. The molecular weight excluding hydrogens is 362 g/mol. The van der Waals surface area contributed by atoms with Crippen molar-refractivity contribution < 1.29 is 4.74 Å². The van der Waals surface area contributed by atoms with Gasteiger partial charge in [0.25, 0.3) is 0 Å². The highest BCUT2D eigenvalue weighted by Gasteiger charge is 2.15. The van der Waals surface area contributed by atoms with Crippen molar-refractivity contribution in [1.82, 2.24) is 19.7 Å². The Morgan fingerprint density at radius 3 is 2.24 bits per heavy atom. The molecule has 29 heavy (non-hydrogen) atoms. The predicted molar refractivity (Wildman–Crippen MR) is 115 cm³/mol. The summed E-state index contributed by atoms with van der Waals surface area (Å²) in [7, 11) is 1.93. The molecule has 146 valence electrons. The van der Waals surface area contributed by atoms with Gasteiger partial charge in [-0.15, -0.1) is 0 Å². The largest absolute Gasteiger partial charge is 0.457 e. The second-order valence-corrected chi connectivity index (χ2v) is 6.96. The van der Waals surface area contributed by atoms with Crippen LogP contribution in [0, 0.1) is 20.8 Å². The number of nitrogens with zero attached hydrogens (tertiary/aromatic N) is 4. The molecule has 0 atom stereocenters. The fourth-order valence-corrected chi connectivity index (χ4v) is 3.15. The summed E-state index contributed by atoms with van der Waals surface area (Å²) in [5.41, 5.74) is 4.83. The second kappa shape index (κ2) is 7.75. The third kappa shape index (κ3) is 3.96. The zero-order valence-electron chi connectivity index (χ0n) is 17.0. The summed E-state index contributed by atoms with van der Waals surface area (Å²) in [4.78, 5) is 9.28. The molecule has 0 aliphatic rings. The first-order valence-electron chi connectivity index (χ1n) is 9.45. The van der Waals surface area contributed by atoms with Crippen LogP contribution in [0.4, 0.5) is 11.5 Å². The van der Waals surface area contributed by atoms with Crippen molar-refractivity contribution in [1.29, 1.82) is 0 Å². The molecule has 6 nitrogen and oxygen atoms in total. The molecule has 6 heteroatoms. The first-order valence-corrected chi connectivity index (χ1v) is 9.45. The maximum Gasteiger partial charge on any atom is 0.165 e. The van der Waals surface area contributed by atoms with E-state index in [-0.39, 0.29) is 0 Å². The Kier molecular flexibility index (Phi) is 4.99. The highest BCUT2D eigenvalue weighted by Crippen LogP contribution is 2.28. The fraction of sp³-hybridized carbons (Fsp3) is 0.174. The van der Waals surface area contributed by atoms with Gasteiger partial charge in [-0.3, -0.25) is 4.68 Å². The van der Waals surface area contributed by atoms with Crippen LogP contribution in [0.3, 0.4) is 0 Å². The first-order chi connectivity index (χ1) is 14.0. The van der Waals surface area contributed by atoms with E-state index in [1.165, 1.54) is 0 Å². The Morgan fingerprint density at radius 1 is 0.897 bits per heavy atom. The average molecular weight is 385 g/mol. The van der Waals surface area contributed by atoms with E-state index in [1.807, 2.05) is 93.3 Å². The third-order valence-electron chi connectivity index (χ3n) is 4.80. The Hall–Kier alpha value is -3.67. The van der Waals surface area contributed by atoms with Gasteiger partial charge >= 0.3 is 0 Å². The van der Waals surface area contributed by atoms with Gasteiger partial charge in [-0.2, -0.15) is 5.10 Å². The summed E-state index contributed by atoms with van der Waals surface area (Å²) in [5, 5.41) is 7.85. The number of aromatic nitrogens is 4. The van der Waals surface area contributed by atoms with Crippen LogP contribution in [0.1, 0.15) is 17.0 Å². The Bertz CT molecular complexity index is 1130. The molecule has 0 bridgehead atoms. The van der Waals surface area contributed by atoms with Crippen molar-refractivity contribution in [3.05, 3.63) is 77.7 Å². The SMILES string of the molecule is Cc1cnc(-c2c(C)nn(C)c2C)nc1Nc1ccc(Oc2ccccc2)cc1. The van der Waals surface area contributed by atoms with Crippen LogP contribution < -0.4 is 10.1 Å². The van der Waals surface area contributed by atoms with Crippen LogP contribution in [0.5, 0.6) is 11.5 Å². The lowest BCUT2D eigenvalue weighted by molar-refractivity contribution is 0.483. The zero-order chi connectivity index (χ0) is 20.4. The number of hydrogen-bond acceptors (Lipinski definition) is 5. The van der Waals surface area contributed by atoms with E-state index in [9.17, 15) is 0 Å². The van der Waals surface area contributed by atoms with E-state index in [4.69, 9.17) is 9.72 Å². The predicted octanol–water partition coefficient (Wildman–Crippen LogP) is 5.34. The van der Waals surface area contributed by atoms with Crippen LogP contribution in [0.25, 0.3) is 11.4 Å². The normalized spacial score (nSPS) is 10.8. The van der Waals surface area contributed by atoms with Crippen LogP contribution in [-0.4, -0.2) is 19.7 Å². The van der Waals surface area contributed by atoms with E-state index in [0.717, 1.165) is 45.5 Å². The van der Waals surface area contributed by atoms with Crippen LogP contribution in [-0.2, 0) is 7.05 Å². The van der Waals surface area contributed by atoms with Gasteiger partial charge in [0.15, 0.2) is 5.82 Å². The first kappa shape index (κ1) is 18.7. The number of nitrogens with one attached hydrogen (secondary N) is 1. The van der Waals surface area contributed by atoms with E-state index in [0.29, 0.717) is 5.82 Å². The molecule has 2 aromatic heterocycles. The lowest BCUT2D eigenvalue weighted by Gasteiger charge is -2.11. The molecular formula is C23H23N5O. The van der Waals surface area contributed by atoms with E-state index in [1.54, 1.807) is 0 Å². The molecule has 1 N–H and O–H groups in total. The molecule has 0 aliphatic heterocycles. The van der Waals surface area contributed by atoms with Gasteiger partial charge in [-0.25, -0.2) is 9.97 Å². The summed E-state index contributed by atoms with van der Waals surface area (Å²) < 4.78 is 7.70. The van der Waals surface area contributed by atoms with Crippen LogP contribution >= 0.6 is 0 Å².